The summed E-state index contributed by atoms with van der Waals surface area (Å²) in [4.78, 5) is 25.4. The highest BCUT2D eigenvalue weighted by molar-refractivity contribution is 5.93. The third-order valence-electron chi connectivity index (χ3n) is 6.40. The molecule has 0 spiro atoms. The molecule has 2 aromatic carbocycles. The molecule has 1 saturated heterocycles. The summed E-state index contributed by atoms with van der Waals surface area (Å²) in [6.07, 6.45) is 3.50. The summed E-state index contributed by atoms with van der Waals surface area (Å²) in [5, 5.41) is 8.59. The Morgan fingerprint density at radius 1 is 1.24 bits per heavy atom. The predicted octanol–water partition coefficient (Wildman–Crippen LogP) is 4.37. The Kier molecular flexibility index (Phi) is 8.64. The second kappa shape index (κ2) is 11.4. The van der Waals surface area contributed by atoms with Crippen molar-refractivity contribution >= 4 is 22.6 Å². The molecular formula is C27H38N2O4. The van der Waals surface area contributed by atoms with Gasteiger partial charge >= 0.3 is 5.97 Å². The number of hydrogen-bond acceptors (Lipinski definition) is 5. The van der Waals surface area contributed by atoms with E-state index in [2.05, 4.69) is 41.5 Å². The molecule has 1 aliphatic heterocycles. The summed E-state index contributed by atoms with van der Waals surface area (Å²) >= 11 is 0. The van der Waals surface area contributed by atoms with E-state index in [1.807, 2.05) is 39.0 Å². The molecule has 4 atom stereocenters. The number of rotatable bonds is 9. The SMILES string of the molecule is C=CCOC(=O)[C@@]1(NC(=O)[C@@H]2C[C@@H](OCc3cccc4ccccc34)CN2)CC1CC.CC.[HH]. The van der Waals surface area contributed by atoms with Crippen molar-refractivity contribution in [1.82, 2.24) is 10.6 Å². The molecule has 180 valence electrons. The first kappa shape index (κ1) is 24.9. The maximum atomic E-state index is 12.9. The molecule has 2 N–H and O–H groups in total. The van der Waals surface area contributed by atoms with Gasteiger partial charge in [0.05, 0.1) is 18.8 Å². The van der Waals surface area contributed by atoms with Gasteiger partial charge in [-0.3, -0.25) is 4.79 Å². The van der Waals surface area contributed by atoms with Crippen molar-refractivity contribution in [2.45, 2.75) is 64.3 Å². The standard InChI is InChI=1S/C25H30N2O4.C2H6.H2/c1-3-12-30-24(29)25(14-19(25)4-2)27-23(28)22-13-20(15-26-22)31-16-18-10-7-9-17-8-5-6-11-21(17)18;1-2;/h3,5-11,19-20,22,26H,1,4,12-16H2,2H3,(H,27,28);1-2H3;1H/t19?,20-,22+,25-;;/m1../s1. The quantitative estimate of drug-likeness (QED) is 0.435. The summed E-state index contributed by atoms with van der Waals surface area (Å²) in [5.41, 5.74) is 0.247. The Morgan fingerprint density at radius 2 is 2.00 bits per heavy atom. The molecule has 0 bridgehead atoms. The van der Waals surface area contributed by atoms with E-state index in [1.54, 1.807) is 0 Å². The van der Waals surface area contributed by atoms with Gasteiger partial charge in [-0.1, -0.05) is 82.3 Å². The number of amides is 1. The monoisotopic (exact) mass is 454 g/mol. The van der Waals surface area contributed by atoms with E-state index in [4.69, 9.17) is 9.47 Å². The summed E-state index contributed by atoms with van der Waals surface area (Å²) in [6.45, 7) is 10.8. The van der Waals surface area contributed by atoms with Gasteiger partial charge in [-0.2, -0.15) is 0 Å². The first-order valence-corrected chi connectivity index (χ1v) is 12.0. The van der Waals surface area contributed by atoms with E-state index in [1.165, 1.54) is 16.8 Å². The van der Waals surface area contributed by atoms with Crippen LogP contribution >= 0.6 is 0 Å². The molecule has 2 fully saturated rings. The van der Waals surface area contributed by atoms with Gasteiger partial charge in [-0.25, -0.2) is 4.79 Å². The molecule has 6 nitrogen and oxygen atoms in total. The van der Waals surface area contributed by atoms with Gasteiger partial charge in [-0.05, 0) is 35.1 Å². The lowest BCUT2D eigenvalue weighted by Gasteiger charge is -2.20. The highest BCUT2D eigenvalue weighted by atomic mass is 16.5. The minimum Gasteiger partial charge on any atom is -0.460 e. The summed E-state index contributed by atoms with van der Waals surface area (Å²) < 4.78 is 11.4. The fraction of sp³-hybridized carbons (Fsp3) is 0.481. The van der Waals surface area contributed by atoms with Crippen LogP contribution < -0.4 is 10.6 Å². The van der Waals surface area contributed by atoms with E-state index in [0.29, 0.717) is 26.0 Å². The first-order chi connectivity index (χ1) is 16.1. The Balaban J connectivity index is 0.00000133. The molecule has 1 aliphatic carbocycles. The van der Waals surface area contributed by atoms with E-state index in [-0.39, 0.29) is 38.0 Å². The number of carbonyl (C=O) groups is 2. The fourth-order valence-electron chi connectivity index (χ4n) is 4.50. The highest BCUT2D eigenvalue weighted by Gasteiger charge is 2.61. The van der Waals surface area contributed by atoms with Crippen molar-refractivity contribution in [1.29, 1.82) is 0 Å². The lowest BCUT2D eigenvalue weighted by molar-refractivity contribution is -0.149. The van der Waals surface area contributed by atoms with Gasteiger partial charge in [-0.15, -0.1) is 0 Å². The van der Waals surface area contributed by atoms with Crippen LogP contribution in [0.3, 0.4) is 0 Å². The van der Waals surface area contributed by atoms with Crippen LogP contribution in [0.5, 0.6) is 0 Å². The predicted molar refractivity (Wildman–Crippen MR) is 133 cm³/mol. The zero-order chi connectivity index (χ0) is 23.8. The molecule has 0 aromatic heterocycles. The molecule has 2 aliphatic rings. The van der Waals surface area contributed by atoms with Gasteiger partial charge in [0.2, 0.25) is 5.91 Å². The molecule has 1 heterocycles. The number of hydrogen-bond donors (Lipinski definition) is 2. The maximum Gasteiger partial charge on any atom is 0.332 e. The zero-order valence-electron chi connectivity index (χ0n) is 19.9. The average molecular weight is 455 g/mol. The molecule has 6 heteroatoms. The summed E-state index contributed by atoms with van der Waals surface area (Å²) in [7, 11) is 0. The maximum absolute atomic E-state index is 12.9. The van der Waals surface area contributed by atoms with Gasteiger partial charge in [0.15, 0.2) is 0 Å². The zero-order valence-corrected chi connectivity index (χ0v) is 19.9. The molecule has 2 aromatic rings. The van der Waals surface area contributed by atoms with Crippen LogP contribution in [0.15, 0.2) is 55.1 Å². The van der Waals surface area contributed by atoms with Gasteiger partial charge in [0.1, 0.15) is 12.1 Å². The van der Waals surface area contributed by atoms with Crippen LogP contribution in [0.25, 0.3) is 10.8 Å². The minimum absolute atomic E-state index is 0. The molecular weight excluding hydrogens is 416 g/mol. The van der Waals surface area contributed by atoms with Crippen molar-refractivity contribution in [3.05, 3.63) is 60.7 Å². The number of esters is 1. The van der Waals surface area contributed by atoms with Crippen molar-refractivity contribution in [2.24, 2.45) is 5.92 Å². The number of fused-ring (bicyclic) bond motifs is 1. The number of carbonyl (C=O) groups excluding carboxylic acids is 2. The second-order valence-corrected chi connectivity index (χ2v) is 8.42. The molecule has 1 saturated carbocycles. The Hall–Kier alpha value is -2.70. The van der Waals surface area contributed by atoms with Gasteiger partial charge in [0, 0.05) is 7.97 Å². The third-order valence-corrected chi connectivity index (χ3v) is 6.40. The Labute approximate surface area is 198 Å². The Bertz CT molecular complexity index is 977. The lowest BCUT2D eigenvalue weighted by Crippen LogP contribution is -2.51. The van der Waals surface area contributed by atoms with Crippen molar-refractivity contribution < 1.29 is 20.5 Å². The molecule has 1 unspecified atom stereocenters. The minimum atomic E-state index is -0.890. The normalized spacial score (nSPS) is 25.6. The molecule has 1 amide bonds. The topological polar surface area (TPSA) is 76.7 Å². The van der Waals surface area contributed by atoms with Crippen LogP contribution in [0.2, 0.25) is 0 Å². The Morgan fingerprint density at radius 3 is 2.73 bits per heavy atom. The summed E-state index contributed by atoms with van der Waals surface area (Å²) in [6, 6.07) is 14.1. The molecule has 0 radical (unpaired) electrons. The van der Waals surface area contributed by atoms with Crippen molar-refractivity contribution in [3.63, 3.8) is 0 Å². The smallest absolute Gasteiger partial charge is 0.332 e. The summed E-state index contributed by atoms with van der Waals surface area (Å²) in [5.74, 6) is -0.411. The number of nitrogens with one attached hydrogen (secondary N) is 2. The second-order valence-electron chi connectivity index (χ2n) is 8.42. The average Bonchev–Trinajstić information content (AvgIpc) is 3.36. The van der Waals surface area contributed by atoms with Crippen LogP contribution in [-0.4, -0.2) is 42.7 Å². The van der Waals surface area contributed by atoms with Crippen LogP contribution in [0, 0.1) is 5.92 Å². The van der Waals surface area contributed by atoms with Crippen LogP contribution in [0.4, 0.5) is 0 Å². The molecule has 33 heavy (non-hydrogen) atoms. The van der Waals surface area contributed by atoms with E-state index >= 15 is 0 Å². The first-order valence-electron chi connectivity index (χ1n) is 12.0. The number of ether oxygens (including phenoxy) is 2. The van der Waals surface area contributed by atoms with E-state index in [0.717, 1.165) is 12.0 Å². The van der Waals surface area contributed by atoms with Crippen molar-refractivity contribution in [2.75, 3.05) is 13.2 Å². The molecule has 4 rings (SSSR count). The van der Waals surface area contributed by atoms with E-state index < -0.39 is 5.54 Å². The lowest BCUT2D eigenvalue weighted by atomic mass is 10.1. The fourth-order valence-corrected chi connectivity index (χ4v) is 4.50. The highest BCUT2D eigenvalue weighted by Crippen LogP contribution is 2.47. The third kappa shape index (κ3) is 5.63. The van der Waals surface area contributed by atoms with Crippen LogP contribution in [0.1, 0.15) is 47.0 Å². The van der Waals surface area contributed by atoms with E-state index in [9.17, 15) is 9.59 Å². The van der Waals surface area contributed by atoms with Gasteiger partial charge in [0.25, 0.3) is 0 Å². The van der Waals surface area contributed by atoms with Crippen molar-refractivity contribution in [3.8, 4) is 0 Å². The number of benzene rings is 2. The van der Waals surface area contributed by atoms with Crippen LogP contribution in [-0.2, 0) is 25.7 Å². The van der Waals surface area contributed by atoms with Gasteiger partial charge < -0.3 is 20.1 Å². The largest absolute Gasteiger partial charge is 0.460 e.